The second-order valence-electron chi connectivity index (χ2n) is 24.4. The van der Waals surface area contributed by atoms with Crippen molar-refractivity contribution < 1.29 is 57.0 Å². The van der Waals surface area contributed by atoms with E-state index >= 15 is 0 Å². The van der Waals surface area contributed by atoms with E-state index in [1.807, 2.05) is 6.92 Å². The van der Waals surface area contributed by atoms with E-state index in [1.54, 1.807) is 63.9 Å². The fraction of sp³-hybridized carbons (Fsp3) is 0.759. The maximum atomic E-state index is 14.7. The molecule has 3 aliphatic carbocycles. The first-order chi connectivity index (χ1) is 37.8. The van der Waals surface area contributed by atoms with Gasteiger partial charge in [-0.2, -0.15) is 0 Å². The smallest absolute Gasteiger partial charge is 0.350 e. The summed E-state index contributed by atoms with van der Waals surface area (Å²) < 4.78 is 56.8. The lowest BCUT2D eigenvalue weighted by Gasteiger charge is -2.36. The van der Waals surface area contributed by atoms with Crippen LogP contribution in [0.3, 0.4) is 0 Å². The van der Waals surface area contributed by atoms with Crippen molar-refractivity contribution in [2.24, 2.45) is 35.5 Å². The lowest BCUT2D eigenvalue weighted by atomic mass is 9.83. The summed E-state index contributed by atoms with van der Waals surface area (Å²) in [5.74, 6) is 2.64. The Hall–Kier alpha value is -4.42. The van der Waals surface area contributed by atoms with E-state index in [2.05, 4.69) is 60.8 Å². The number of rotatable bonds is 23. The Morgan fingerprint density at radius 2 is 0.927 bits per heavy atom. The highest BCUT2D eigenvalue weighted by atomic mass is 35.5. The Kier molecular flexibility index (Phi) is 26.6. The second-order valence-corrected chi connectivity index (χ2v) is 29.1. The molecule has 0 saturated heterocycles. The minimum atomic E-state index is -4.16. The van der Waals surface area contributed by atoms with Crippen LogP contribution in [0.2, 0.25) is 0 Å². The molecule has 7 rings (SSSR count). The SMILES string of the molecule is CC1CCC(COC(=O)C(C)(C)Cl)CC1.CC1CCC(COC(=O)C(C)(C)NP(=O)(CO[C@H](C)Cn2cnc3c(N)ncnc32)NC(C)(C)C(=O)OCC2CCC(C)CC2)CC1.C[C@H](Cn1cnc2c(N)ncnc21)OCP(=O)(O)O.N. The minimum Gasteiger partial charge on any atom is -0.464 e. The van der Waals surface area contributed by atoms with Crippen LogP contribution in [-0.2, 0) is 60.3 Å². The van der Waals surface area contributed by atoms with Gasteiger partial charge in [0.2, 0.25) is 7.44 Å². The largest absolute Gasteiger partial charge is 0.464 e. The minimum absolute atomic E-state index is 0. The maximum Gasteiger partial charge on any atom is 0.350 e. The van der Waals surface area contributed by atoms with Gasteiger partial charge in [0.15, 0.2) is 22.9 Å². The first kappa shape index (κ1) is 70.1. The van der Waals surface area contributed by atoms with Gasteiger partial charge >= 0.3 is 25.5 Å². The summed E-state index contributed by atoms with van der Waals surface area (Å²) in [4.78, 5) is 79.2. The third-order valence-corrected chi connectivity index (χ3v) is 18.0. The predicted octanol–water partition coefficient (Wildman–Crippen LogP) is 8.92. The first-order valence-corrected chi connectivity index (χ1v) is 32.4. The number of nitrogen functional groups attached to an aromatic ring is 2. The molecular formula is C54H94ClN13O12P2. The summed E-state index contributed by atoms with van der Waals surface area (Å²) in [6.45, 7) is 22.1. The number of nitrogens with zero attached hydrogens (tertiary/aromatic N) is 8. The summed E-state index contributed by atoms with van der Waals surface area (Å²) in [6, 6.07) is 0. The van der Waals surface area contributed by atoms with Crippen LogP contribution in [0.4, 0.5) is 11.6 Å². The molecule has 0 unspecified atom stereocenters. The van der Waals surface area contributed by atoms with Crippen molar-refractivity contribution in [3.63, 3.8) is 0 Å². The van der Waals surface area contributed by atoms with Crippen LogP contribution in [0.1, 0.15) is 153 Å². The van der Waals surface area contributed by atoms with Crippen LogP contribution in [0.25, 0.3) is 22.3 Å². The van der Waals surface area contributed by atoms with Crippen molar-refractivity contribution in [1.29, 1.82) is 0 Å². The van der Waals surface area contributed by atoms with Gasteiger partial charge in [-0.3, -0.25) is 23.5 Å². The number of esters is 3. The average Bonchev–Trinajstić information content (AvgIpc) is 4.11. The molecule has 4 heterocycles. The van der Waals surface area contributed by atoms with E-state index in [-0.39, 0.29) is 30.1 Å². The fourth-order valence-corrected chi connectivity index (χ4v) is 13.0. The summed E-state index contributed by atoms with van der Waals surface area (Å²) >= 11 is 5.85. The number of alkyl halides is 1. The van der Waals surface area contributed by atoms with Crippen LogP contribution in [0.5, 0.6) is 0 Å². The number of carbonyl (C=O) groups excluding carboxylic acids is 3. The Balaban J connectivity index is 0.000000335. The molecule has 3 fully saturated rings. The van der Waals surface area contributed by atoms with Crippen molar-refractivity contribution in [1.82, 2.24) is 55.4 Å². The summed E-state index contributed by atoms with van der Waals surface area (Å²) in [7, 11) is -7.95. The van der Waals surface area contributed by atoms with Crippen molar-refractivity contribution in [3.8, 4) is 0 Å². The normalized spacial score (nSPS) is 22.2. The standard InChI is InChI=1S/C33H56N7O6P.C12H21ClO2.C9H14N5O4P.H3N/c1-22-8-12-25(13-9-22)17-44-30(41)32(4,5)38-47(43,39-33(6,7)31(42)45-18-26-14-10-23(2)11-15-26)21-46-24(3)16-40-20-37-27-28(34)35-19-36-29(27)40;1-9-4-6-10(7-5-9)8-15-11(14)12(2,3)13;1-6(18-5-19(15,16)17)2-14-4-13-7-8(10)11-3-12-9(7)14;/h19-20,22-26H,8-18,21H2,1-7H3,(H2,34,35,36)(H2,38,39,43);9-10H,4-8H2,1-3H3;3-4,6H,2,5H2,1H3,(H2,10,11,12)(H2,15,16,17);1H3/t22?,23?,24-,25?,26?,47?;;6-;/m1.1./s1. The number of nitrogens with two attached hydrogens (primary N) is 2. The van der Waals surface area contributed by atoms with Crippen molar-refractivity contribution in [3.05, 3.63) is 25.3 Å². The maximum absolute atomic E-state index is 14.7. The molecule has 0 spiro atoms. The van der Waals surface area contributed by atoms with Gasteiger partial charge in [-0.15, -0.1) is 11.6 Å². The van der Waals surface area contributed by atoms with E-state index in [0.29, 0.717) is 84.8 Å². The molecule has 0 bridgehead atoms. The zero-order valence-electron chi connectivity index (χ0n) is 50.1. The van der Waals surface area contributed by atoms with Crippen LogP contribution >= 0.6 is 26.6 Å². The lowest BCUT2D eigenvalue weighted by molar-refractivity contribution is -0.151. The van der Waals surface area contributed by atoms with Gasteiger partial charge in [0.1, 0.15) is 52.3 Å². The van der Waals surface area contributed by atoms with E-state index in [9.17, 15) is 23.5 Å². The highest BCUT2D eigenvalue weighted by Gasteiger charge is 2.44. The molecule has 82 heavy (non-hydrogen) atoms. The van der Waals surface area contributed by atoms with Gasteiger partial charge in [0.05, 0.1) is 57.8 Å². The molecule has 25 nitrogen and oxygen atoms in total. The van der Waals surface area contributed by atoms with Gasteiger partial charge in [0.25, 0.3) is 0 Å². The molecule has 4 aromatic heterocycles. The molecule has 2 atom stereocenters. The summed E-state index contributed by atoms with van der Waals surface area (Å²) in [6.07, 6.45) is 17.5. The summed E-state index contributed by atoms with van der Waals surface area (Å²) in [5, 5.41) is 6.04. The quantitative estimate of drug-likeness (QED) is 0.0158. The molecule has 0 radical (unpaired) electrons. The van der Waals surface area contributed by atoms with E-state index < -0.39 is 61.5 Å². The van der Waals surface area contributed by atoms with Crippen LogP contribution in [-0.4, -0.2) is 127 Å². The number of fused-ring (bicyclic) bond motifs is 2. The Morgan fingerprint density at radius 1 is 0.598 bits per heavy atom. The van der Waals surface area contributed by atoms with Crippen LogP contribution < -0.4 is 27.8 Å². The molecule has 0 aliphatic heterocycles. The van der Waals surface area contributed by atoms with Gasteiger partial charge in [-0.05, 0) is 129 Å². The van der Waals surface area contributed by atoms with Gasteiger partial charge in [-0.1, -0.05) is 59.3 Å². The van der Waals surface area contributed by atoms with Gasteiger partial charge in [-0.25, -0.2) is 40.1 Å². The third-order valence-electron chi connectivity index (χ3n) is 15.0. The lowest BCUT2D eigenvalue weighted by Crippen LogP contribution is -2.54. The fourth-order valence-electron chi connectivity index (χ4n) is 9.87. The van der Waals surface area contributed by atoms with E-state index in [4.69, 9.17) is 56.5 Å². The number of hydrogen-bond donors (Lipinski definition) is 7. The molecule has 3 aliphatic rings. The average molecular weight is 1210 g/mol. The number of carbonyl (C=O) groups is 3. The second kappa shape index (κ2) is 31.1. The number of imidazole rings is 2. The molecule has 3 saturated carbocycles. The zero-order chi connectivity index (χ0) is 59.9. The monoisotopic (exact) mass is 1210 g/mol. The predicted molar refractivity (Wildman–Crippen MR) is 316 cm³/mol. The first-order valence-electron chi connectivity index (χ1n) is 28.3. The van der Waals surface area contributed by atoms with Crippen molar-refractivity contribution in [2.45, 2.75) is 194 Å². The highest BCUT2D eigenvalue weighted by molar-refractivity contribution is 7.59. The topological polar surface area (TPSA) is 370 Å². The molecule has 4 aromatic rings. The molecule has 11 N–H and O–H groups in total. The molecule has 0 amide bonds. The number of halogens is 1. The van der Waals surface area contributed by atoms with Gasteiger partial charge in [0, 0.05) is 0 Å². The number of aromatic nitrogens is 8. The van der Waals surface area contributed by atoms with E-state index in [0.717, 1.165) is 57.3 Å². The highest BCUT2D eigenvalue weighted by Crippen LogP contribution is 2.43. The van der Waals surface area contributed by atoms with Gasteiger partial charge < -0.3 is 60.2 Å². The third kappa shape index (κ3) is 22.5. The number of nitrogens with one attached hydrogen (secondary N) is 2. The number of ether oxygens (including phenoxy) is 5. The molecule has 0 aromatic carbocycles. The Bertz CT molecular complexity index is 2690. The number of anilines is 2. The molecule has 28 heteroatoms. The summed E-state index contributed by atoms with van der Waals surface area (Å²) in [5.41, 5.74) is 11.0. The van der Waals surface area contributed by atoms with Crippen molar-refractivity contribution in [2.75, 3.05) is 44.0 Å². The van der Waals surface area contributed by atoms with E-state index in [1.165, 1.54) is 44.7 Å². The zero-order valence-corrected chi connectivity index (χ0v) is 52.6. The Morgan fingerprint density at radius 3 is 1.26 bits per heavy atom. The molecular weight excluding hydrogens is 1120 g/mol. The van der Waals surface area contributed by atoms with Crippen LogP contribution in [0, 0.1) is 35.5 Å². The van der Waals surface area contributed by atoms with Crippen LogP contribution in [0.15, 0.2) is 25.3 Å². The number of hydrogen-bond acceptors (Lipinski definition) is 19. The Labute approximate surface area is 488 Å². The molecule has 464 valence electrons. The van der Waals surface area contributed by atoms with Crippen molar-refractivity contribution >= 4 is 78.5 Å².